The lowest BCUT2D eigenvalue weighted by Crippen LogP contribution is -2.32. The summed E-state index contributed by atoms with van der Waals surface area (Å²) in [6.45, 7) is 1.46. The van der Waals surface area contributed by atoms with Crippen molar-refractivity contribution in [2.45, 2.75) is 31.5 Å². The Hall–Kier alpha value is -1.60. The summed E-state index contributed by atoms with van der Waals surface area (Å²) in [5.74, 6) is -0.426. The van der Waals surface area contributed by atoms with Gasteiger partial charge in [-0.1, -0.05) is 6.07 Å². The van der Waals surface area contributed by atoms with E-state index in [1.165, 1.54) is 12.1 Å². The fourth-order valence-electron chi connectivity index (χ4n) is 2.61. The van der Waals surface area contributed by atoms with Crippen LogP contribution in [-0.2, 0) is 10.9 Å². The maximum atomic E-state index is 12.6. The topological polar surface area (TPSA) is 58.6 Å². The van der Waals surface area contributed by atoms with Gasteiger partial charge in [0.05, 0.1) is 11.7 Å². The number of nitrogens with one attached hydrogen (secondary N) is 1. The molecule has 1 aromatic rings. The summed E-state index contributed by atoms with van der Waals surface area (Å²) in [7, 11) is 0. The van der Waals surface area contributed by atoms with Gasteiger partial charge >= 0.3 is 6.18 Å². The van der Waals surface area contributed by atoms with Crippen molar-refractivity contribution in [2.24, 2.45) is 5.92 Å². The summed E-state index contributed by atoms with van der Waals surface area (Å²) in [6.07, 6.45) is -3.09. The molecule has 23 heavy (non-hydrogen) atoms. The van der Waals surface area contributed by atoms with Crippen LogP contribution in [0.15, 0.2) is 24.3 Å². The third-order valence-corrected chi connectivity index (χ3v) is 3.99. The van der Waals surface area contributed by atoms with E-state index in [1.54, 1.807) is 0 Å². The van der Waals surface area contributed by atoms with Gasteiger partial charge in [-0.05, 0) is 43.4 Å². The Balaban J connectivity index is 1.82. The Labute approximate surface area is 132 Å². The van der Waals surface area contributed by atoms with E-state index in [0.717, 1.165) is 25.0 Å². The first-order valence-corrected chi connectivity index (χ1v) is 7.59. The number of hydrogen-bond acceptors (Lipinski definition) is 3. The number of aliphatic hydroxyl groups excluding tert-OH is 1. The maximum Gasteiger partial charge on any atom is 0.416 e. The van der Waals surface area contributed by atoms with Crippen LogP contribution in [0.2, 0.25) is 0 Å². The van der Waals surface area contributed by atoms with Gasteiger partial charge < -0.3 is 15.2 Å². The number of ether oxygens (including phenoxy) is 1. The Kier molecular flexibility index (Phi) is 6.01. The highest BCUT2D eigenvalue weighted by Crippen LogP contribution is 2.29. The second kappa shape index (κ2) is 7.79. The van der Waals surface area contributed by atoms with Crippen molar-refractivity contribution in [2.75, 3.05) is 19.8 Å². The van der Waals surface area contributed by atoms with Crippen LogP contribution >= 0.6 is 0 Å². The standard InChI is InChI=1S/C16H20F3NO3/c17-16(18,19)13-3-1-2-12(10-13)15(22)20-7-4-14(21)11-5-8-23-9-6-11/h1-3,10-11,14,21H,4-9H2,(H,20,22)/t14-/m0/s1. The first-order chi connectivity index (χ1) is 10.9. The van der Waals surface area contributed by atoms with E-state index in [-0.39, 0.29) is 18.0 Å². The third-order valence-electron chi connectivity index (χ3n) is 3.99. The lowest BCUT2D eigenvalue weighted by molar-refractivity contribution is -0.137. The van der Waals surface area contributed by atoms with Crippen LogP contribution in [0.5, 0.6) is 0 Å². The maximum absolute atomic E-state index is 12.6. The van der Waals surface area contributed by atoms with E-state index in [0.29, 0.717) is 19.6 Å². The van der Waals surface area contributed by atoms with Crippen LogP contribution < -0.4 is 5.32 Å². The average molecular weight is 331 g/mol. The molecule has 0 radical (unpaired) electrons. The predicted octanol–water partition coefficient (Wildman–Crippen LogP) is 2.61. The molecule has 0 saturated carbocycles. The van der Waals surface area contributed by atoms with Gasteiger partial charge in [-0.25, -0.2) is 0 Å². The summed E-state index contributed by atoms with van der Waals surface area (Å²) < 4.78 is 43.1. The van der Waals surface area contributed by atoms with Crippen molar-refractivity contribution in [3.63, 3.8) is 0 Å². The van der Waals surface area contributed by atoms with Gasteiger partial charge in [-0.15, -0.1) is 0 Å². The minimum absolute atomic E-state index is 0.0413. The molecule has 4 nitrogen and oxygen atoms in total. The molecular weight excluding hydrogens is 311 g/mol. The first-order valence-electron chi connectivity index (χ1n) is 7.59. The highest BCUT2D eigenvalue weighted by molar-refractivity contribution is 5.94. The lowest BCUT2D eigenvalue weighted by atomic mass is 9.92. The van der Waals surface area contributed by atoms with Crippen molar-refractivity contribution in [1.82, 2.24) is 5.32 Å². The number of benzene rings is 1. The molecule has 0 aliphatic carbocycles. The van der Waals surface area contributed by atoms with E-state index < -0.39 is 23.8 Å². The van der Waals surface area contributed by atoms with Crippen molar-refractivity contribution in [1.29, 1.82) is 0 Å². The number of aliphatic hydroxyl groups is 1. The zero-order valence-corrected chi connectivity index (χ0v) is 12.6. The number of carbonyl (C=O) groups excluding carboxylic acids is 1. The fourth-order valence-corrected chi connectivity index (χ4v) is 2.61. The van der Waals surface area contributed by atoms with Gasteiger partial charge in [-0.2, -0.15) is 13.2 Å². The largest absolute Gasteiger partial charge is 0.416 e. The molecule has 128 valence electrons. The van der Waals surface area contributed by atoms with Crippen LogP contribution in [0.25, 0.3) is 0 Å². The van der Waals surface area contributed by atoms with Crippen LogP contribution in [0.1, 0.15) is 35.2 Å². The molecule has 0 aromatic heterocycles. The molecule has 1 aliphatic rings. The SMILES string of the molecule is O=C(NCC[C@H](O)C1CCOCC1)c1cccc(C(F)(F)F)c1. The molecule has 1 heterocycles. The minimum Gasteiger partial charge on any atom is -0.393 e. The van der Waals surface area contributed by atoms with Crippen molar-refractivity contribution in [3.05, 3.63) is 35.4 Å². The smallest absolute Gasteiger partial charge is 0.393 e. The molecule has 0 spiro atoms. The Bertz CT molecular complexity index is 528. The van der Waals surface area contributed by atoms with E-state index >= 15 is 0 Å². The molecule has 1 fully saturated rings. The second-order valence-corrected chi connectivity index (χ2v) is 5.64. The van der Waals surface area contributed by atoms with E-state index in [9.17, 15) is 23.1 Å². The van der Waals surface area contributed by atoms with Gasteiger partial charge in [0.15, 0.2) is 0 Å². The second-order valence-electron chi connectivity index (χ2n) is 5.64. The zero-order chi connectivity index (χ0) is 16.9. The molecule has 1 aliphatic heterocycles. The Morgan fingerprint density at radius 1 is 1.35 bits per heavy atom. The average Bonchev–Trinajstić information content (AvgIpc) is 2.54. The zero-order valence-electron chi connectivity index (χ0n) is 12.6. The van der Waals surface area contributed by atoms with Crippen LogP contribution in [-0.4, -0.2) is 36.9 Å². The lowest BCUT2D eigenvalue weighted by Gasteiger charge is -2.26. The highest BCUT2D eigenvalue weighted by atomic mass is 19.4. The number of amides is 1. The van der Waals surface area contributed by atoms with E-state index in [4.69, 9.17) is 4.74 Å². The molecular formula is C16H20F3NO3. The van der Waals surface area contributed by atoms with Crippen molar-refractivity contribution < 1.29 is 27.8 Å². The molecule has 1 amide bonds. The molecule has 1 saturated heterocycles. The molecule has 1 aromatic carbocycles. The van der Waals surface area contributed by atoms with Gasteiger partial charge in [0.2, 0.25) is 0 Å². The van der Waals surface area contributed by atoms with Crippen LogP contribution in [0.3, 0.4) is 0 Å². The van der Waals surface area contributed by atoms with Gasteiger partial charge in [0, 0.05) is 25.3 Å². The highest BCUT2D eigenvalue weighted by Gasteiger charge is 2.30. The van der Waals surface area contributed by atoms with Crippen LogP contribution in [0.4, 0.5) is 13.2 Å². The molecule has 0 unspecified atom stereocenters. The number of halogens is 3. The van der Waals surface area contributed by atoms with Gasteiger partial charge in [0.25, 0.3) is 5.91 Å². The summed E-state index contributed by atoms with van der Waals surface area (Å²) in [6, 6.07) is 4.28. The van der Waals surface area contributed by atoms with Crippen molar-refractivity contribution >= 4 is 5.91 Å². The van der Waals surface area contributed by atoms with Gasteiger partial charge in [0.1, 0.15) is 0 Å². The van der Waals surface area contributed by atoms with E-state index in [2.05, 4.69) is 5.32 Å². The first kappa shape index (κ1) is 17.7. The molecule has 0 bridgehead atoms. The molecule has 2 N–H and O–H groups in total. The Morgan fingerprint density at radius 3 is 2.70 bits per heavy atom. The molecule has 1 atom stereocenters. The molecule has 2 rings (SSSR count). The number of carbonyl (C=O) groups is 1. The fraction of sp³-hybridized carbons (Fsp3) is 0.562. The van der Waals surface area contributed by atoms with Crippen molar-refractivity contribution in [3.8, 4) is 0 Å². The summed E-state index contributed by atoms with van der Waals surface area (Å²) in [5, 5.41) is 12.6. The van der Waals surface area contributed by atoms with Gasteiger partial charge in [-0.3, -0.25) is 4.79 Å². The normalized spacial score (nSPS) is 17.7. The third kappa shape index (κ3) is 5.21. The summed E-state index contributed by atoms with van der Waals surface area (Å²) >= 11 is 0. The number of alkyl halides is 3. The minimum atomic E-state index is -4.48. The van der Waals surface area contributed by atoms with Crippen LogP contribution in [0, 0.1) is 5.92 Å². The summed E-state index contributed by atoms with van der Waals surface area (Å²) in [5.41, 5.74) is -0.896. The monoisotopic (exact) mass is 331 g/mol. The Morgan fingerprint density at radius 2 is 2.04 bits per heavy atom. The van der Waals surface area contributed by atoms with E-state index in [1.807, 2.05) is 0 Å². The molecule has 7 heteroatoms. The quantitative estimate of drug-likeness (QED) is 0.872. The number of hydrogen-bond donors (Lipinski definition) is 2. The number of rotatable bonds is 5. The summed E-state index contributed by atoms with van der Waals surface area (Å²) in [4.78, 5) is 11.9. The predicted molar refractivity (Wildman–Crippen MR) is 77.9 cm³/mol.